The molecule has 2 fully saturated rings. The van der Waals surface area contributed by atoms with Crippen LogP contribution in [0, 0.1) is 0 Å². The highest BCUT2D eigenvalue weighted by Crippen LogP contribution is 2.37. The standard InChI is InChI=1S/C22H28N4O3/c27-20-10-8-18(23-24-20)9-11-21(28)26-15-12-22(29,17-6-2-1-3-7-17)19(16-26)25-13-4-5-14-25/h1-3,6-8,10,19,29H,4-5,9,11-16H2,(H,24,27)/t19-,22+/m1/s1. The van der Waals surface area contributed by atoms with Crippen LogP contribution in [0.3, 0.4) is 0 Å². The highest BCUT2D eigenvalue weighted by atomic mass is 16.3. The predicted octanol–water partition coefficient (Wildman–Crippen LogP) is 1.29. The van der Waals surface area contributed by atoms with Gasteiger partial charge in [-0.25, -0.2) is 5.10 Å². The molecule has 0 bridgehead atoms. The Morgan fingerprint density at radius 1 is 1.14 bits per heavy atom. The van der Waals surface area contributed by atoms with Crippen molar-refractivity contribution in [3.63, 3.8) is 0 Å². The number of piperidine rings is 1. The second-order valence-electron chi connectivity index (χ2n) is 8.05. The number of benzene rings is 1. The van der Waals surface area contributed by atoms with Crippen molar-refractivity contribution < 1.29 is 9.90 Å². The van der Waals surface area contributed by atoms with Gasteiger partial charge in [0.25, 0.3) is 5.56 Å². The van der Waals surface area contributed by atoms with Crippen LogP contribution >= 0.6 is 0 Å². The Hall–Kier alpha value is -2.51. The molecule has 7 heteroatoms. The number of nitrogens with zero attached hydrogens (tertiary/aromatic N) is 3. The van der Waals surface area contributed by atoms with E-state index >= 15 is 0 Å². The van der Waals surface area contributed by atoms with Crippen molar-refractivity contribution in [1.82, 2.24) is 20.0 Å². The lowest BCUT2D eigenvalue weighted by Gasteiger charge is -2.48. The molecule has 2 aliphatic heterocycles. The second kappa shape index (κ2) is 8.47. The molecule has 1 amide bonds. The minimum Gasteiger partial charge on any atom is -0.383 e. The molecule has 154 valence electrons. The van der Waals surface area contributed by atoms with Gasteiger partial charge in [0.1, 0.15) is 5.60 Å². The first-order valence-corrected chi connectivity index (χ1v) is 10.4. The van der Waals surface area contributed by atoms with E-state index in [0.717, 1.165) is 31.5 Å². The Morgan fingerprint density at radius 2 is 1.90 bits per heavy atom. The second-order valence-corrected chi connectivity index (χ2v) is 8.05. The number of hydrogen-bond acceptors (Lipinski definition) is 5. The smallest absolute Gasteiger partial charge is 0.264 e. The quantitative estimate of drug-likeness (QED) is 0.795. The molecular formula is C22H28N4O3. The van der Waals surface area contributed by atoms with Crippen molar-refractivity contribution in [1.29, 1.82) is 0 Å². The van der Waals surface area contributed by atoms with Crippen molar-refractivity contribution in [2.75, 3.05) is 26.2 Å². The topological polar surface area (TPSA) is 89.5 Å². The molecule has 2 aliphatic rings. The summed E-state index contributed by atoms with van der Waals surface area (Å²) in [6.07, 6.45) is 3.63. The van der Waals surface area contributed by atoms with E-state index in [4.69, 9.17) is 0 Å². The van der Waals surface area contributed by atoms with Crippen molar-refractivity contribution in [3.8, 4) is 0 Å². The molecule has 3 heterocycles. The molecule has 1 aromatic carbocycles. The number of aliphatic hydroxyl groups is 1. The van der Waals surface area contributed by atoms with Gasteiger partial charge in [0.05, 0.1) is 11.7 Å². The average Bonchev–Trinajstić information content (AvgIpc) is 3.28. The first kappa shape index (κ1) is 19.8. The largest absolute Gasteiger partial charge is 0.383 e. The third-order valence-electron chi connectivity index (χ3n) is 6.25. The first-order valence-electron chi connectivity index (χ1n) is 10.4. The Morgan fingerprint density at radius 3 is 2.59 bits per heavy atom. The maximum Gasteiger partial charge on any atom is 0.264 e. The fourth-order valence-electron chi connectivity index (χ4n) is 4.59. The molecule has 2 aromatic rings. The zero-order valence-electron chi connectivity index (χ0n) is 16.6. The number of H-pyrrole nitrogens is 1. The van der Waals surface area contributed by atoms with Gasteiger partial charge in [-0.2, -0.15) is 5.10 Å². The molecule has 2 saturated heterocycles. The van der Waals surface area contributed by atoms with E-state index in [1.54, 1.807) is 6.07 Å². The highest BCUT2D eigenvalue weighted by Gasteiger charge is 2.47. The van der Waals surface area contributed by atoms with Crippen LogP contribution in [-0.2, 0) is 16.8 Å². The molecule has 0 aliphatic carbocycles. The van der Waals surface area contributed by atoms with Crippen LogP contribution in [0.5, 0.6) is 0 Å². The minimum absolute atomic E-state index is 0.0670. The Kier molecular flexibility index (Phi) is 5.78. The number of carbonyl (C=O) groups is 1. The molecular weight excluding hydrogens is 368 g/mol. The molecule has 29 heavy (non-hydrogen) atoms. The number of carbonyl (C=O) groups excluding carboxylic acids is 1. The van der Waals surface area contributed by atoms with E-state index in [1.165, 1.54) is 6.07 Å². The summed E-state index contributed by atoms with van der Waals surface area (Å²) in [6, 6.07) is 12.8. The lowest BCUT2D eigenvalue weighted by molar-refractivity contribution is -0.143. The van der Waals surface area contributed by atoms with Gasteiger partial charge < -0.3 is 10.0 Å². The summed E-state index contributed by atoms with van der Waals surface area (Å²) in [5.74, 6) is 0.0670. The van der Waals surface area contributed by atoms with Gasteiger partial charge in [0.2, 0.25) is 5.91 Å². The van der Waals surface area contributed by atoms with Crippen molar-refractivity contribution in [2.24, 2.45) is 0 Å². The Labute approximate surface area is 170 Å². The zero-order chi connectivity index (χ0) is 20.3. The summed E-state index contributed by atoms with van der Waals surface area (Å²) in [6.45, 7) is 2.99. The van der Waals surface area contributed by atoms with E-state index < -0.39 is 5.60 Å². The van der Waals surface area contributed by atoms with Crippen LogP contribution in [0.4, 0.5) is 0 Å². The zero-order valence-corrected chi connectivity index (χ0v) is 16.6. The van der Waals surface area contributed by atoms with Crippen LogP contribution in [0.2, 0.25) is 0 Å². The molecule has 1 aromatic heterocycles. The number of likely N-dealkylation sites (tertiary alicyclic amines) is 2. The number of rotatable bonds is 5. The van der Waals surface area contributed by atoms with Gasteiger partial charge in [-0.15, -0.1) is 0 Å². The Bertz CT molecular complexity index is 874. The fourth-order valence-corrected chi connectivity index (χ4v) is 4.59. The average molecular weight is 396 g/mol. The molecule has 0 unspecified atom stereocenters. The summed E-state index contributed by atoms with van der Waals surface area (Å²) in [5, 5.41) is 18.1. The van der Waals surface area contributed by atoms with Crippen molar-refractivity contribution >= 4 is 5.91 Å². The first-order chi connectivity index (χ1) is 14.1. The van der Waals surface area contributed by atoms with E-state index in [0.29, 0.717) is 38.0 Å². The van der Waals surface area contributed by atoms with Crippen molar-refractivity contribution in [3.05, 3.63) is 64.1 Å². The van der Waals surface area contributed by atoms with Gasteiger partial charge in [0, 0.05) is 32.0 Å². The molecule has 7 nitrogen and oxygen atoms in total. The third kappa shape index (κ3) is 4.26. The van der Waals surface area contributed by atoms with Crippen molar-refractivity contribution in [2.45, 2.75) is 43.7 Å². The van der Waals surface area contributed by atoms with Crippen LogP contribution in [0.25, 0.3) is 0 Å². The van der Waals surface area contributed by atoms with E-state index in [2.05, 4.69) is 15.1 Å². The lowest BCUT2D eigenvalue weighted by atomic mass is 9.79. The number of aryl methyl sites for hydroxylation is 1. The number of nitrogens with one attached hydrogen (secondary N) is 1. The summed E-state index contributed by atoms with van der Waals surface area (Å²) < 4.78 is 0. The number of amides is 1. The van der Waals surface area contributed by atoms with E-state index in [1.807, 2.05) is 35.2 Å². The monoisotopic (exact) mass is 396 g/mol. The van der Waals surface area contributed by atoms with Crippen LogP contribution in [0.15, 0.2) is 47.3 Å². The molecule has 2 atom stereocenters. The van der Waals surface area contributed by atoms with Crippen LogP contribution in [-0.4, -0.2) is 63.2 Å². The Balaban J connectivity index is 1.47. The fraction of sp³-hybridized carbons (Fsp3) is 0.500. The number of hydrogen-bond donors (Lipinski definition) is 2. The van der Waals surface area contributed by atoms with Gasteiger partial charge in [-0.3, -0.25) is 14.5 Å². The number of aromatic amines is 1. The normalized spacial score (nSPS) is 25.3. The van der Waals surface area contributed by atoms with E-state index in [-0.39, 0.29) is 17.5 Å². The molecule has 0 spiro atoms. The summed E-state index contributed by atoms with van der Waals surface area (Å²) >= 11 is 0. The maximum atomic E-state index is 12.9. The lowest BCUT2D eigenvalue weighted by Crippen LogP contribution is -2.61. The summed E-state index contributed by atoms with van der Waals surface area (Å²) in [7, 11) is 0. The maximum absolute atomic E-state index is 12.9. The summed E-state index contributed by atoms with van der Waals surface area (Å²) in [4.78, 5) is 28.2. The molecule has 2 N–H and O–H groups in total. The van der Waals surface area contributed by atoms with Gasteiger partial charge >= 0.3 is 0 Å². The van der Waals surface area contributed by atoms with Gasteiger partial charge in [-0.05, 0) is 44.0 Å². The molecule has 0 saturated carbocycles. The van der Waals surface area contributed by atoms with Gasteiger partial charge in [0.15, 0.2) is 0 Å². The molecule has 0 radical (unpaired) electrons. The highest BCUT2D eigenvalue weighted by molar-refractivity contribution is 5.76. The predicted molar refractivity (Wildman–Crippen MR) is 109 cm³/mol. The third-order valence-corrected chi connectivity index (χ3v) is 6.25. The van der Waals surface area contributed by atoms with E-state index in [9.17, 15) is 14.7 Å². The minimum atomic E-state index is -0.942. The van der Waals surface area contributed by atoms with Crippen LogP contribution < -0.4 is 5.56 Å². The van der Waals surface area contributed by atoms with Crippen LogP contribution in [0.1, 0.15) is 36.9 Å². The SMILES string of the molecule is O=C(CCc1ccc(=O)[nH]n1)N1CC[C@](O)(c2ccccc2)[C@H](N2CCCC2)C1. The molecule has 4 rings (SSSR count). The van der Waals surface area contributed by atoms with Gasteiger partial charge in [-0.1, -0.05) is 30.3 Å². The summed E-state index contributed by atoms with van der Waals surface area (Å²) in [5.41, 5.74) is 0.445. The number of aromatic nitrogens is 2.